The van der Waals surface area contributed by atoms with E-state index in [-0.39, 0.29) is 11.9 Å². The molecule has 138 valence electrons. The number of nitrogens with one attached hydrogen (secondary N) is 1. The fraction of sp³-hybridized carbons (Fsp3) is 0.889. The lowest BCUT2D eigenvalue weighted by Crippen LogP contribution is -2.44. The molecule has 2 fully saturated rings. The first-order valence-electron chi connectivity index (χ1n) is 9.45. The van der Waals surface area contributed by atoms with Gasteiger partial charge in [-0.2, -0.15) is 0 Å². The molecule has 3 atom stereocenters. The first-order chi connectivity index (χ1) is 11.6. The number of carbonyl (C=O) groups excluding carboxylic acids is 1. The maximum Gasteiger partial charge on any atom is 0.310 e. The van der Waals surface area contributed by atoms with Gasteiger partial charge in [-0.3, -0.25) is 14.7 Å². The summed E-state index contributed by atoms with van der Waals surface area (Å²) < 4.78 is 4.94. The first-order valence-corrected chi connectivity index (χ1v) is 9.45. The maximum atomic E-state index is 11.9. The third kappa shape index (κ3) is 4.62. The number of nitrogens with zero attached hydrogens (tertiary/aromatic N) is 3. The Morgan fingerprint density at radius 1 is 1.29 bits per heavy atom. The molecule has 2 aliphatic heterocycles. The molecule has 0 amide bonds. The molecule has 0 aromatic rings. The minimum atomic E-state index is -0.106. The van der Waals surface area contributed by atoms with Gasteiger partial charge in [0.05, 0.1) is 19.6 Å². The summed E-state index contributed by atoms with van der Waals surface area (Å²) in [7, 11) is 1.47. The van der Waals surface area contributed by atoms with Crippen molar-refractivity contribution in [2.24, 2.45) is 16.8 Å². The van der Waals surface area contributed by atoms with Crippen molar-refractivity contribution in [2.45, 2.75) is 46.1 Å². The third-order valence-electron chi connectivity index (χ3n) is 5.36. The standard InChI is InChI=1S/C18H34N4O2/c1-5-19-18(20-11-15-9-7-8-10-21(15)6-2)22-12-14(3)16(13-22)17(23)24-4/h14-16H,5-13H2,1-4H3,(H,19,20). The average Bonchev–Trinajstić information content (AvgIpc) is 2.99. The Labute approximate surface area is 146 Å². The van der Waals surface area contributed by atoms with Crippen LogP contribution in [0.25, 0.3) is 0 Å². The summed E-state index contributed by atoms with van der Waals surface area (Å²) in [4.78, 5) is 21.6. The zero-order valence-corrected chi connectivity index (χ0v) is 15.8. The largest absolute Gasteiger partial charge is 0.469 e. The second-order valence-electron chi connectivity index (χ2n) is 6.98. The van der Waals surface area contributed by atoms with Gasteiger partial charge in [0.1, 0.15) is 0 Å². The highest BCUT2D eigenvalue weighted by atomic mass is 16.5. The van der Waals surface area contributed by atoms with Crippen molar-refractivity contribution in [3.63, 3.8) is 0 Å². The molecule has 0 aromatic heterocycles. The number of likely N-dealkylation sites (tertiary alicyclic amines) is 2. The highest BCUT2D eigenvalue weighted by molar-refractivity contribution is 5.82. The Hall–Kier alpha value is -1.30. The molecule has 2 aliphatic rings. The third-order valence-corrected chi connectivity index (χ3v) is 5.36. The van der Waals surface area contributed by atoms with Gasteiger partial charge in [-0.15, -0.1) is 0 Å². The van der Waals surface area contributed by atoms with Gasteiger partial charge in [-0.05, 0) is 38.8 Å². The van der Waals surface area contributed by atoms with Crippen molar-refractivity contribution in [3.05, 3.63) is 0 Å². The second-order valence-corrected chi connectivity index (χ2v) is 6.98. The van der Waals surface area contributed by atoms with Crippen LogP contribution in [0.5, 0.6) is 0 Å². The highest BCUT2D eigenvalue weighted by Gasteiger charge is 2.37. The smallest absolute Gasteiger partial charge is 0.310 e. The predicted molar refractivity (Wildman–Crippen MR) is 97.1 cm³/mol. The average molecular weight is 338 g/mol. The van der Waals surface area contributed by atoms with Gasteiger partial charge in [0, 0.05) is 25.7 Å². The number of methoxy groups -OCH3 is 1. The summed E-state index contributed by atoms with van der Waals surface area (Å²) in [6.07, 6.45) is 3.84. The fourth-order valence-corrected chi connectivity index (χ4v) is 3.90. The van der Waals surface area contributed by atoms with Crippen LogP contribution in [-0.2, 0) is 9.53 Å². The number of esters is 1. The van der Waals surface area contributed by atoms with Crippen LogP contribution in [0.15, 0.2) is 4.99 Å². The van der Waals surface area contributed by atoms with Gasteiger partial charge in [0.2, 0.25) is 0 Å². The molecular formula is C18H34N4O2. The molecule has 0 aromatic carbocycles. The molecule has 0 bridgehead atoms. The number of rotatable bonds is 5. The molecule has 0 spiro atoms. The molecule has 3 unspecified atom stereocenters. The molecule has 0 saturated carbocycles. The minimum absolute atomic E-state index is 0.0549. The summed E-state index contributed by atoms with van der Waals surface area (Å²) in [6, 6.07) is 0.550. The zero-order chi connectivity index (χ0) is 17.5. The van der Waals surface area contributed by atoms with E-state index in [1.54, 1.807) is 0 Å². The summed E-state index contributed by atoms with van der Waals surface area (Å²) in [5.41, 5.74) is 0. The molecule has 2 heterocycles. The fourth-order valence-electron chi connectivity index (χ4n) is 3.90. The number of likely N-dealkylation sites (N-methyl/N-ethyl adjacent to an activating group) is 1. The van der Waals surface area contributed by atoms with E-state index < -0.39 is 0 Å². The SMILES string of the molecule is CCNC(=NCC1CCCCN1CC)N1CC(C)C(C(=O)OC)C1. The van der Waals surface area contributed by atoms with E-state index in [4.69, 9.17) is 9.73 Å². The van der Waals surface area contributed by atoms with Crippen molar-refractivity contribution >= 4 is 11.9 Å². The van der Waals surface area contributed by atoms with Gasteiger partial charge < -0.3 is 15.0 Å². The number of hydrogen-bond donors (Lipinski definition) is 1. The van der Waals surface area contributed by atoms with E-state index in [1.165, 1.54) is 32.9 Å². The second kappa shape index (κ2) is 9.25. The number of guanidine groups is 1. The van der Waals surface area contributed by atoms with Crippen molar-refractivity contribution in [3.8, 4) is 0 Å². The van der Waals surface area contributed by atoms with Crippen molar-refractivity contribution in [1.82, 2.24) is 15.1 Å². The van der Waals surface area contributed by atoms with Crippen LogP contribution in [0.3, 0.4) is 0 Å². The van der Waals surface area contributed by atoms with E-state index in [1.807, 2.05) is 0 Å². The van der Waals surface area contributed by atoms with Crippen LogP contribution in [0, 0.1) is 11.8 Å². The zero-order valence-electron chi connectivity index (χ0n) is 15.8. The van der Waals surface area contributed by atoms with Crippen LogP contribution >= 0.6 is 0 Å². The number of ether oxygens (including phenoxy) is 1. The van der Waals surface area contributed by atoms with Crippen molar-refractivity contribution in [2.75, 3.05) is 46.4 Å². The van der Waals surface area contributed by atoms with Gasteiger partial charge in [-0.1, -0.05) is 20.3 Å². The molecule has 24 heavy (non-hydrogen) atoms. The van der Waals surface area contributed by atoms with Crippen molar-refractivity contribution in [1.29, 1.82) is 0 Å². The van der Waals surface area contributed by atoms with E-state index in [9.17, 15) is 4.79 Å². The van der Waals surface area contributed by atoms with E-state index in [0.717, 1.165) is 32.1 Å². The molecule has 6 heteroatoms. The Balaban J connectivity index is 2.01. The summed E-state index contributed by atoms with van der Waals surface area (Å²) in [5.74, 6) is 1.08. The Morgan fingerprint density at radius 3 is 2.75 bits per heavy atom. The van der Waals surface area contributed by atoms with Gasteiger partial charge >= 0.3 is 5.97 Å². The first kappa shape index (κ1) is 19.0. The lowest BCUT2D eigenvalue weighted by atomic mass is 9.99. The van der Waals surface area contributed by atoms with Crippen LogP contribution in [0.2, 0.25) is 0 Å². The molecule has 0 aliphatic carbocycles. The number of aliphatic imine (C=N–C) groups is 1. The van der Waals surface area contributed by atoms with Crippen LogP contribution < -0.4 is 5.32 Å². The Bertz CT molecular complexity index is 441. The van der Waals surface area contributed by atoms with Crippen LogP contribution in [0.4, 0.5) is 0 Å². The molecule has 6 nitrogen and oxygen atoms in total. The minimum Gasteiger partial charge on any atom is -0.469 e. The predicted octanol–water partition coefficient (Wildman–Crippen LogP) is 1.57. The molecule has 2 rings (SSSR count). The van der Waals surface area contributed by atoms with Gasteiger partial charge in [0.25, 0.3) is 0 Å². The summed E-state index contributed by atoms with van der Waals surface area (Å²) in [5, 5.41) is 3.40. The molecule has 2 saturated heterocycles. The lowest BCUT2D eigenvalue weighted by molar-refractivity contribution is -0.145. The Morgan fingerprint density at radius 2 is 2.08 bits per heavy atom. The van der Waals surface area contributed by atoms with E-state index in [0.29, 0.717) is 18.5 Å². The number of hydrogen-bond acceptors (Lipinski definition) is 4. The van der Waals surface area contributed by atoms with E-state index in [2.05, 4.69) is 35.9 Å². The van der Waals surface area contributed by atoms with E-state index >= 15 is 0 Å². The Kier molecular flexibility index (Phi) is 7.34. The molecular weight excluding hydrogens is 304 g/mol. The van der Waals surface area contributed by atoms with Gasteiger partial charge in [-0.25, -0.2) is 0 Å². The van der Waals surface area contributed by atoms with Gasteiger partial charge in [0.15, 0.2) is 5.96 Å². The topological polar surface area (TPSA) is 57.2 Å². The summed E-state index contributed by atoms with van der Waals surface area (Å²) in [6.45, 7) is 12.0. The van der Waals surface area contributed by atoms with Crippen molar-refractivity contribution < 1.29 is 9.53 Å². The van der Waals surface area contributed by atoms with Crippen LogP contribution in [-0.4, -0.2) is 74.1 Å². The monoisotopic (exact) mass is 338 g/mol. The molecule has 0 radical (unpaired) electrons. The number of carbonyl (C=O) groups is 1. The highest BCUT2D eigenvalue weighted by Crippen LogP contribution is 2.24. The normalized spacial score (nSPS) is 28.9. The summed E-state index contributed by atoms with van der Waals surface area (Å²) >= 11 is 0. The quantitative estimate of drug-likeness (QED) is 0.468. The number of piperidine rings is 1. The lowest BCUT2D eigenvalue weighted by Gasteiger charge is -2.34. The molecule has 1 N–H and O–H groups in total. The van der Waals surface area contributed by atoms with Crippen LogP contribution in [0.1, 0.15) is 40.0 Å². The maximum absolute atomic E-state index is 11.9.